The molecule has 0 aliphatic rings. The number of hydrogen-bond acceptors (Lipinski definition) is 2. The molecule has 0 atom stereocenters. The summed E-state index contributed by atoms with van der Waals surface area (Å²) >= 11 is 0. The second kappa shape index (κ2) is 12.7. The first-order valence-corrected chi connectivity index (χ1v) is 7.82. The zero-order valence-corrected chi connectivity index (χ0v) is 16.1. The van der Waals surface area contributed by atoms with Gasteiger partial charge in [0, 0.05) is 0 Å². The molecule has 0 saturated heterocycles. The fourth-order valence-electron chi connectivity index (χ4n) is 2.71. The van der Waals surface area contributed by atoms with Gasteiger partial charge >= 0.3 is 49.7 Å². The number of carbonyl (C=O) groups is 2. The fourth-order valence-corrected chi connectivity index (χ4v) is 2.71. The molecular weight excluding hydrogens is 296 g/mol. The van der Waals surface area contributed by atoms with E-state index in [1.165, 1.54) is 0 Å². The van der Waals surface area contributed by atoms with Crippen molar-refractivity contribution >= 4 is 49.7 Å². The van der Waals surface area contributed by atoms with Crippen LogP contribution in [0.25, 0.3) is 0 Å². The standard InChI is InChI=1S/C16H30O4.Ca.2H/c1-4-6-8-10-16(3,11-9-7-5-2)12-13(14(17)18)15(19)20;;;/h13H,4-12H2,1-3H3,(H,17,18)(H,19,20);;;/q;+2;2*-1. The second-order valence-electron chi connectivity index (χ2n) is 6.16. The van der Waals surface area contributed by atoms with E-state index < -0.39 is 17.9 Å². The minimum absolute atomic E-state index is 0. The van der Waals surface area contributed by atoms with Gasteiger partial charge in [-0.1, -0.05) is 59.3 Å². The van der Waals surface area contributed by atoms with Crippen LogP contribution in [0.5, 0.6) is 0 Å². The van der Waals surface area contributed by atoms with E-state index in [1.54, 1.807) is 0 Å². The van der Waals surface area contributed by atoms with Crippen molar-refractivity contribution in [3.63, 3.8) is 0 Å². The van der Waals surface area contributed by atoms with Crippen molar-refractivity contribution in [1.29, 1.82) is 0 Å². The number of aliphatic carboxylic acids is 2. The number of carboxylic acids is 2. The van der Waals surface area contributed by atoms with Crippen LogP contribution in [0.2, 0.25) is 0 Å². The van der Waals surface area contributed by atoms with E-state index in [2.05, 4.69) is 20.8 Å². The quantitative estimate of drug-likeness (QED) is 0.320. The molecule has 4 nitrogen and oxygen atoms in total. The monoisotopic (exact) mass is 328 g/mol. The van der Waals surface area contributed by atoms with Gasteiger partial charge in [-0.2, -0.15) is 0 Å². The van der Waals surface area contributed by atoms with Gasteiger partial charge in [-0.25, -0.2) is 0 Å². The zero-order chi connectivity index (χ0) is 15.6. The van der Waals surface area contributed by atoms with Crippen LogP contribution >= 0.6 is 0 Å². The molecule has 0 fully saturated rings. The molecule has 0 spiro atoms. The third kappa shape index (κ3) is 10.5. The average Bonchev–Trinajstić information content (AvgIpc) is 2.36. The molecule has 2 N–H and O–H groups in total. The molecule has 0 aliphatic carbocycles. The summed E-state index contributed by atoms with van der Waals surface area (Å²) in [6, 6.07) is 0. The van der Waals surface area contributed by atoms with Gasteiger partial charge in [-0.3, -0.25) is 9.59 Å². The van der Waals surface area contributed by atoms with Gasteiger partial charge in [0.15, 0.2) is 5.92 Å². The smallest absolute Gasteiger partial charge is 1.00 e. The maximum absolute atomic E-state index is 11.1. The third-order valence-electron chi connectivity index (χ3n) is 4.06. The molecule has 5 heteroatoms. The SMILES string of the molecule is CCCCCC(C)(CCCCC)CC(C(=O)O)C(=O)O.[Ca+2].[H-].[H-]. The Balaban J connectivity index is -0.000000602. The molecule has 0 heterocycles. The Hall–Kier alpha value is 0.200. The molecule has 0 aliphatic heterocycles. The van der Waals surface area contributed by atoms with Gasteiger partial charge in [0.1, 0.15) is 0 Å². The molecule has 0 saturated carbocycles. The molecule has 122 valence electrons. The second-order valence-corrected chi connectivity index (χ2v) is 6.16. The average molecular weight is 329 g/mol. The summed E-state index contributed by atoms with van der Waals surface area (Å²) in [5, 5.41) is 18.1. The Bertz CT molecular complexity index is 290. The van der Waals surface area contributed by atoms with E-state index in [9.17, 15) is 9.59 Å². The van der Waals surface area contributed by atoms with Crippen molar-refractivity contribution in [2.75, 3.05) is 0 Å². The van der Waals surface area contributed by atoms with Crippen LogP contribution in [-0.2, 0) is 9.59 Å². The van der Waals surface area contributed by atoms with E-state index >= 15 is 0 Å². The van der Waals surface area contributed by atoms with Crippen LogP contribution in [0.15, 0.2) is 0 Å². The van der Waals surface area contributed by atoms with Crippen LogP contribution in [0.4, 0.5) is 0 Å². The van der Waals surface area contributed by atoms with Crippen LogP contribution in [0.3, 0.4) is 0 Å². The van der Waals surface area contributed by atoms with Gasteiger partial charge in [-0.05, 0) is 24.7 Å². The van der Waals surface area contributed by atoms with Crippen LogP contribution in [-0.4, -0.2) is 59.9 Å². The first kappa shape index (κ1) is 23.5. The number of rotatable bonds is 12. The summed E-state index contributed by atoms with van der Waals surface area (Å²) < 4.78 is 0. The van der Waals surface area contributed by atoms with Gasteiger partial charge in [0.05, 0.1) is 0 Å². The van der Waals surface area contributed by atoms with Crippen LogP contribution < -0.4 is 0 Å². The molecule has 0 aromatic rings. The molecule has 0 aromatic carbocycles. The third-order valence-corrected chi connectivity index (χ3v) is 4.06. The Morgan fingerprint density at radius 3 is 1.62 bits per heavy atom. The normalized spacial score (nSPS) is 11.2. The predicted octanol–water partition coefficient (Wildman–Crippen LogP) is 4.17. The largest absolute Gasteiger partial charge is 2.00 e. The van der Waals surface area contributed by atoms with Crippen LogP contribution in [0.1, 0.15) is 81.4 Å². The maximum Gasteiger partial charge on any atom is 2.00 e. The first-order chi connectivity index (χ1) is 9.36. The number of carboxylic acid groups (broad SMARTS) is 2. The van der Waals surface area contributed by atoms with Crippen LogP contribution in [0, 0.1) is 11.3 Å². The summed E-state index contributed by atoms with van der Waals surface area (Å²) in [5.41, 5.74) is -0.175. The van der Waals surface area contributed by atoms with Crippen molar-refractivity contribution in [1.82, 2.24) is 0 Å². The first-order valence-electron chi connectivity index (χ1n) is 7.82. The summed E-state index contributed by atoms with van der Waals surface area (Å²) in [6.45, 7) is 6.31. The zero-order valence-electron chi connectivity index (χ0n) is 15.9. The summed E-state index contributed by atoms with van der Waals surface area (Å²) in [4.78, 5) is 22.2. The topological polar surface area (TPSA) is 74.6 Å². The van der Waals surface area contributed by atoms with Crippen molar-refractivity contribution in [2.24, 2.45) is 11.3 Å². The minimum Gasteiger partial charge on any atom is -1.00 e. The maximum atomic E-state index is 11.1. The molecule has 21 heavy (non-hydrogen) atoms. The fraction of sp³-hybridized carbons (Fsp3) is 0.875. The van der Waals surface area contributed by atoms with Gasteiger partial charge < -0.3 is 13.1 Å². The molecule has 0 aromatic heterocycles. The molecule has 0 unspecified atom stereocenters. The summed E-state index contributed by atoms with van der Waals surface area (Å²) in [6.07, 6.45) is 8.64. The van der Waals surface area contributed by atoms with Crippen molar-refractivity contribution in [3.05, 3.63) is 0 Å². The molecule has 0 radical (unpaired) electrons. The summed E-state index contributed by atoms with van der Waals surface area (Å²) in [5.74, 6) is -3.70. The van der Waals surface area contributed by atoms with Gasteiger partial charge in [0.25, 0.3) is 0 Å². The van der Waals surface area contributed by atoms with E-state index in [0.29, 0.717) is 0 Å². The number of unbranched alkanes of at least 4 members (excludes halogenated alkanes) is 4. The predicted molar refractivity (Wildman–Crippen MR) is 87.7 cm³/mol. The van der Waals surface area contributed by atoms with Crippen molar-refractivity contribution in [3.8, 4) is 0 Å². The number of hydrogen-bond donors (Lipinski definition) is 2. The van der Waals surface area contributed by atoms with E-state index in [0.717, 1.165) is 51.4 Å². The van der Waals surface area contributed by atoms with E-state index in [4.69, 9.17) is 10.2 Å². The Morgan fingerprint density at radius 1 is 0.952 bits per heavy atom. The van der Waals surface area contributed by atoms with Gasteiger partial charge in [0.2, 0.25) is 0 Å². The summed E-state index contributed by atoms with van der Waals surface area (Å²) in [7, 11) is 0. The van der Waals surface area contributed by atoms with Crippen molar-refractivity contribution in [2.45, 2.75) is 78.6 Å². The Kier molecular flexibility index (Phi) is 14.2. The minimum atomic E-state index is -1.27. The Labute approximate surface area is 161 Å². The van der Waals surface area contributed by atoms with Gasteiger partial charge in [-0.15, -0.1) is 0 Å². The molecular formula is C16H32CaO4. The molecule has 0 bridgehead atoms. The van der Waals surface area contributed by atoms with Crippen molar-refractivity contribution < 1.29 is 22.7 Å². The molecule has 0 amide bonds. The molecule has 0 rings (SSSR count). The Morgan fingerprint density at radius 2 is 1.33 bits per heavy atom. The van der Waals surface area contributed by atoms with E-state index in [1.807, 2.05) is 0 Å². The van der Waals surface area contributed by atoms with E-state index in [-0.39, 0.29) is 52.4 Å².